The highest BCUT2D eigenvalue weighted by molar-refractivity contribution is 9.11. The fraction of sp³-hybridized carbons (Fsp3) is 0.0769. The Labute approximate surface area is 229 Å². The average molecular weight is 599 g/mol. The lowest BCUT2D eigenvalue weighted by Crippen LogP contribution is -1.82. The monoisotopic (exact) mass is 598 g/mol. The molecule has 11 heteroatoms. The molecule has 0 aliphatic heterocycles. The molecule has 0 amide bonds. The van der Waals surface area contributed by atoms with Crippen molar-refractivity contribution in [1.29, 1.82) is 0 Å². The van der Waals surface area contributed by atoms with Gasteiger partial charge in [0.1, 0.15) is 0 Å². The number of rotatable bonds is 4. The molecule has 2 heterocycles. The second-order valence-corrected chi connectivity index (χ2v) is 10.3. The number of benzene rings is 2. The summed E-state index contributed by atoms with van der Waals surface area (Å²) in [7, 11) is 0. The molecule has 0 bridgehead atoms. The third-order valence-corrected chi connectivity index (χ3v) is 6.81. The first-order valence-corrected chi connectivity index (χ1v) is 12.7. The summed E-state index contributed by atoms with van der Waals surface area (Å²) in [4.78, 5) is 20.3. The molecule has 2 aromatic carbocycles. The maximum absolute atomic E-state index is 10.5. The van der Waals surface area contributed by atoms with Crippen molar-refractivity contribution in [3.63, 3.8) is 0 Å². The minimum atomic E-state index is -0.425. The fourth-order valence-electron chi connectivity index (χ4n) is 2.43. The molecular weight excluding hydrogens is 580 g/mol. The van der Waals surface area contributed by atoms with E-state index < -0.39 is 9.85 Å². The molecule has 2 aromatic heterocycles. The van der Waals surface area contributed by atoms with Crippen LogP contribution in [0.3, 0.4) is 0 Å². The van der Waals surface area contributed by atoms with Gasteiger partial charge >= 0.3 is 10.0 Å². The Balaban J connectivity index is 0.000000214. The van der Waals surface area contributed by atoms with E-state index in [0.29, 0.717) is 4.88 Å². The van der Waals surface area contributed by atoms with Crippen LogP contribution in [-0.4, -0.2) is 20.1 Å². The number of terminal acetylenes is 1. The maximum atomic E-state index is 10.5. The minimum Gasteiger partial charge on any atom is -0.392 e. The number of nitrogens with zero attached hydrogens (tertiary/aromatic N) is 2. The van der Waals surface area contributed by atoms with Gasteiger partial charge in [0.15, 0.2) is 0 Å². The SMILES string of the molecule is C#Cc1ccc(CO)cc1.O=[N+]([O-])c1ccc(Br)s1.O=[N+]([O-])c1ccc(C#Cc2ccc(CO)cc2)s1. The predicted molar refractivity (Wildman–Crippen MR) is 148 cm³/mol. The third kappa shape index (κ3) is 10.4. The van der Waals surface area contributed by atoms with Crippen LogP contribution in [0.4, 0.5) is 10.0 Å². The molecule has 2 N–H and O–H groups in total. The molecule has 37 heavy (non-hydrogen) atoms. The molecule has 188 valence electrons. The lowest BCUT2D eigenvalue weighted by molar-refractivity contribution is -0.380. The first-order valence-electron chi connectivity index (χ1n) is 10.3. The van der Waals surface area contributed by atoms with Gasteiger partial charge in [-0.3, -0.25) is 20.2 Å². The van der Waals surface area contributed by atoms with Crippen molar-refractivity contribution in [3.8, 4) is 24.2 Å². The Bertz CT molecular complexity index is 1430. The lowest BCUT2D eigenvalue weighted by Gasteiger charge is -1.94. The van der Waals surface area contributed by atoms with Gasteiger partial charge in [0.25, 0.3) is 0 Å². The zero-order valence-corrected chi connectivity index (χ0v) is 22.3. The van der Waals surface area contributed by atoms with Crippen LogP contribution in [0, 0.1) is 44.4 Å². The van der Waals surface area contributed by atoms with Crippen molar-refractivity contribution >= 4 is 48.6 Å². The van der Waals surface area contributed by atoms with Gasteiger partial charge in [0, 0.05) is 23.3 Å². The minimum absolute atomic E-state index is 0.00479. The molecule has 8 nitrogen and oxygen atoms in total. The highest BCUT2D eigenvalue weighted by atomic mass is 79.9. The first kappa shape index (κ1) is 29.4. The quantitative estimate of drug-likeness (QED) is 0.165. The molecule has 4 rings (SSSR count). The Hall–Kier alpha value is -3.84. The van der Waals surface area contributed by atoms with Gasteiger partial charge in [0.2, 0.25) is 0 Å². The Morgan fingerprint density at radius 2 is 1.22 bits per heavy atom. The van der Waals surface area contributed by atoms with Gasteiger partial charge in [-0.2, -0.15) is 0 Å². The zero-order valence-electron chi connectivity index (χ0n) is 19.0. The number of hydrogen-bond donors (Lipinski definition) is 2. The van der Waals surface area contributed by atoms with E-state index >= 15 is 0 Å². The Morgan fingerprint density at radius 1 is 0.730 bits per heavy atom. The summed E-state index contributed by atoms with van der Waals surface area (Å²) in [6, 6.07) is 20.7. The first-order chi connectivity index (χ1) is 17.7. The largest absolute Gasteiger partial charge is 0.392 e. The average Bonchev–Trinajstić information content (AvgIpc) is 3.58. The third-order valence-electron chi connectivity index (χ3n) is 4.28. The number of aliphatic hydroxyl groups excluding tert-OH is 2. The molecule has 0 fully saturated rings. The summed E-state index contributed by atoms with van der Waals surface area (Å²) < 4.78 is 0.786. The van der Waals surface area contributed by atoms with Crippen LogP contribution in [0.5, 0.6) is 0 Å². The van der Waals surface area contributed by atoms with Crippen LogP contribution in [0.1, 0.15) is 27.1 Å². The van der Waals surface area contributed by atoms with Crippen LogP contribution >= 0.6 is 38.6 Å². The van der Waals surface area contributed by atoms with Crippen LogP contribution in [0.25, 0.3) is 0 Å². The molecule has 0 atom stereocenters. The molecule has 0 aliphatic carbocycles. The molecule has 0 aliphatic rings. The fourth-order valence-corrected chi connectivity index (χ4v) is 4.28. The van der Waals surface area contributed by atoms with Crippen molar-refractivity contribution in [2.24, 2.45) is 0 Å². The summed E-state index contributed by atoms with van der Waals surface area (Å²) in [5.41, 5.74) is 3.37. The van der Waals surface area contributed by atoms with Crippen molar-refractivity contribution in [3.05, 3.63) is 124 Å². The number of thiophene rings is 2. The van der Waals surface area contributed by atoms with Crippen molar-refractivity contribution < 1.29 is 20.1 Å². The highest BCUT2D eigenvalue weighted by Gasteiger charge is 2.08. The molecule has 0 spiro atoms. The summed E-state index contributed by atoms with van der Waals surface area (Å²) in [6.45, 7) is 0.0790. The summed E-state index contributed by atoms with van der Waals surface area (Å²) in [5.74, 6) is 8.29. The van der Waals surface area contributed by atoms with Gasteiger partial charge in [-0.1, -0.05) is 64.7 Å². The van der Waals surface area contributed by atoms with Gasteiger partial charge in [0.05, 0.1) is 31.7 Å². The predicted octanol–water partition coefficient (Wildman–Crippen LogP) is 6.13. The number of hydrogen-bond acceptors (Lipinski definition) is 8. The maximum Gasteiger partial charge on any atom is 0.325 e. The van der Waals surface area contributed by atoms with Gasteiger partial charge in [-0.05, 0) is 63.5 Å². The van der Waals surface area contributed by atoms with Crippen molar-refractivity contribution in [2.45, 2.75) is 13.2 Å². The van der Waals surface area contributed by atoms with E-state index in [1.807, 2.05) is 24.3 Å². The van der Waals surface area contributed by atoms with Crippen LogP contribution in [-0.2, 0) is 13.2 Å². The molecule has 0 unspecified atom stereocenters. The van der Waals surface area contributed by atoms with E-state index in [9.17, 15) is 20.2 Å². The van der Waals surface area contributed by atoms with Gasteiger partial charge in [-0.15, -0.1) is 6.42 Å². The smallest absolute Gasteiger partial charge is 0.325 e. The van der Waals surface area contributed by atoms with Crippen LogP contribution < -0.4 is 0 Å². The molecular formula is C26H19BrN2O6S2. The van der Waals surface area contributed by atoms with E-state index in [1.54, 1.807) is 36.4 Å². The molecule has 0 radical (unpaired) electrons. The number of aliphatic hydroxyl groups is 2. The Kier molecular flexibility index (Phi) is 12.2. The normalized spacial score (nSPS) is 9.35. The van der Waals surface area contributed by atoms with Crippen molar-refractivity contribution in [2.75, 3.05) is 0 Å². The molecule has 0 saturated heterocycles. The standard InChI is InChI=1S/C13H9NO3S.C9H8O.C4H2BrNO2S/c15-9-11-3-1-10(2-4-11)5-6-12-7-8-13(18-12)14(16)17;1-2-8-3-5-9(7-10)6-4-8;5-3-1-2-4(9-3)6(7)8/h1-4,7-8,15H,9H2;1,3-6,10H,7H2;1-2H. The summed E-state index contributed by atoms with van der Waals surface area (Å²) in [6.07, 6.45) is 5.13. The lowest BCUT2D eigenvalue weighted by atomic mass is 10.1. The summed E-state index contributed by atoms with van der Waals surface area (Å²) >= 11 is 5.28. The van der Waals surface area contributed by atoms with Crippen LogP contribution in [0.15, 0.2) is 76.6 Å². The topological polar surface area (TPSA) is 127 Å². The van der Waals surface area contributed by atoms with E-state index in [2.05, 4.69) is 33.7 Å². The molecule has 4 aromatic rings. The highest BCUT2D eigenvalue weighted by Crippen LogP contribution is 2.27. The van der Waals surface area contributed by atoms with Gasteiger partial charge < -0.3 is 10.2 Å². The van der Waals surface area contributed by atoms with E-state index in [1.165, 1.54) is 12.1 Å². The summed E-state index contributed by atoms with van der Waals surface area (Å²) in [5, 5.41) is 38.3. The van der Waals surface area contributed by atoms with E-state index in [0.717, 1.165) is 48.7 Å². The molecule has 0 saturated carbocycles. The van der Waals surface area contributed by atoms with Gasteiger partial charge in [-0.25, -0.2) is 0 Å². The second kappa shape index (κ2) is 15.3. The van der Waals surface area contributed by atoms with E-state index in [-0.39, 0.29) is 23.2 Å². The Morgan fingerprint density at radius 3 is 1.59 bits per heavy atom. The number of halogens is 1. The second-order valence-electron chi connectivity index (χ2n) is 6.83. The zero-order chi connectivity index (χ0) is 27.2. The van der Waals surface area contributed by atoms with Crippen molar-refractivity contribution in [1.82, 2.24) is 0 Å². The van der Waals surface area contributed by atoms with Crippen LogP contribution in [0.2, 0.25) is 0 Å². The number of nitro groups is 2. The van der Waals surface area contributed by atoms with E-state index in [4.69, 9.17) is 16.6 Å².